The third-order valence-corrected chi connectivity index (χ3v) is 2.63. The minimum atomic E-state index is -0.0325. The topological polar surface area (TPSA) is 92.3 Å². The van der Waals surface area contributed by atoms with Crippen molar-refractivity contribution in [2.75, 3.05) is 44.4 Å². The van der Waals surface area contributed by atoms with Crippen LogP contribution in [0.15, 0.2) is 0 Å². The minimum Gasteiger partial charge on any atom is -0.467 e. The number of methoxy groups -OCH3 is 1. The van der Waals surface area contributed by atoms with E-state index < -0.39 is 0 Å². The lowest BCUT2D eigenvalue weighted by Gasteiger charge is -2.15. The van der Waals surface area contributed by atoms with Crippen molar-refractivity contribution >= 4 is 17.8 Å². The molecule has 1 aromatic rings. The molecule has 0 saturated carbocycles. The third-order valence-electron chi connectivity index (χ3n) is 2.63. The van der Waals surface area contributed by atoms with Gasteiger partial charge in [-0.2, -0.15) is 15.0 Å². The van der Waals surface area contributed by atoms with Crippen molar-refractivity contribution < 1.29 is 9.53 Å². The zero-order valence-electron chi connectivity index (χ0n) is 12.4. The van der Waals surface area contributed by atoms with E-state index >= 15 is 0 Å². The Labute approximate surface area is 119 Å². The number of rotatable bonds is 8. The van der Waals surface area contributed by atoms with Gasteiger partial charge in [0.15, 0.2) is 0 Å². The van der Waals surface area contributed by atoms with Gasteiger partial charge in [0.2, 0.25) is 17.8 Å². The maximum atomic E-state index is 11.7. The Morgan fingerprint density at radius 3 is 2.40 bits per heavy atom. The fourth-order valence-corrected chi connectivity index (χ4v) is 1.31. The number of nitrogens with zero attached hydrogens (tertiary/aromatic N) is 4. The van der Waals surface area contributed by atoms with E-state index in [0.717, 1.165) is 13.0 Å². The van der Waals surface area contributed by atoms with Crippen LogP contribution >= 0.6 is 0 Å². The van der Waals surface area contributed by atoms with Gasteiger partial charge in [-0.15, -0.1) is 0 Å². The summed E-state index contributed by atoms with van der Waals surface area (Å²) in [5.74, 6) is 0.709. The summed E-state index contributed by atoms with van der Waals surface area (Å²) in [6, 6.07) is 0.206. The molecule has 1 rings (SSSR count). The van der Waals surface area contributed by atoms with Gasteiger partial charge < -0.3 is 20.3 Å². The number of carbonyl (C=O) groups excluding carboxylic acids is 1. The molecule has 0 aliphatic carbocycles. The zero-order valence-corrected chi connectivity index (χ0v) is 12.4. The fraction of sp³-hybridized carbons (Fsp3) is 0.667. The summed E-state index contributed by atoms with van der Waals surface area (Å²) in [5, 5.41) is 5.93. The van der Waals surface area contributed by atoms with Crippen LogP contribution in [0.25, 0.3) is 0 Å². The summed E-state index contributed by atoms with van der Waals surface area (Å²) < 4.78 is 5.01. The molecule has 1 aromatic heterocycles. The van der Waals surface area contributed by atoms with Crippen LogP contribution in [0.5, 0.6) is 6.01 Å². The Kier molecular flexibility index (Phi) is 6.48. The first-order valence-corrected chi connectivity index (χ1v) is 6.62. The second-order valence-electron chi connectivity index (χ2n) is 4.16. The second-order valence-corrected chi connectivity index (χ2v) is 4.16. The first-order chi connectivity index (χ1) is 9.60. The Bertz CT molecular complexity index is 440. The minimum absolute atomic E-state index is 0.0325. The predicted octanol–water partition coefficient (Wildman–Crippen LogP) is 0.592. The van der Waals surface area contributed by atoms with Crippen LogP contribution in [-0.4, -0.2) is 59.6 Å². The zero-order chi connectivity index (χ0) is 15.0. The van der Waals surface area contributed by atoms with Crippen LogP contribution < -0.4 is 15.4 Å². The highest BCUT2D eigenvalue weighted by Gasteiger charge is 2.10. The van der Waals surface area contributed by atoms with Crippen molar-refractivity contribution in [3.8, 4) is 6.01 Å². The molecule has 0 unspecified atom stereocenters. The molecule has 0 spiro atoms. The van der Waals surface area contributed by atoms with Crippen LogP contribution in [0, 0.1) is 0 Å². The molecule has 0 saturated heterocycles. The normalized spacial score (nSPS) is 10.0. The molecular formula is C12H22N6O2. The Morgan fingerprint density at radius 1 is 1.20 bits per heavy atom. The van der Waals surface area contributed by atoms with Gasteiger partial charge in [0.1, 0.15) is 0 Å². The molecule has 1 amide bonds. The molecule has 0 fully saturated rings. The molecular weight excluding hydrogens is 260 g/mol. The van der Waals surface area contributed by atoms with E-state index in [1.54, 1.807) is 11.9 Å². The summed E-state index contributed by atoms with van der Waals surface area (Å²) in [4.78, 5) is 25.6. The largest absolute Gasteiger partial charge is 0.467 e. The number of ether oxygens (including phenoxy) is 1. The van der Waals surface area contributed by atoms with Crippen LogP contribution in [-0.2, 0) is 4.79 Å². The molecule has 112 valence electrons. The lowest BCUT2D eigenvalue weighted by atomic mass is 10.5. The van der Waals surface area contributed by atoms with Crippen LogP contribution in [0.1, 0.15) is 20.3 Å². The number of hydrogen-bond acceptors (Lipinski definition) is 7. The average Bonchev–Trinajstić information content (AvgIpc) is 2.49. The van der Waals surface area contributed by atoms with E-state index in [-0.39, 0.29) is 18.5 Å². The number of carbonyl (C=O) groups is 1. The monoisotopic (exact) mass is 282 g/mol. The lowest BCUT2D eigenvalue weighted by Crippen LogP contribution is -2.32. The predicted molar refractivity (Wildman–Crippen MR) is 77.0 cm³/mol. The van der Waals surface area contributed by atoms with Gasteiger partial charge in [0, 0.05) is 20.1 Å². The highest BCUT2D eigenvalue weighted by molar-refractivity contribution is 5.80. The van der Waals surface area contributed by atoms with Crippen LogP contribution in [0.2, 0.25) is 0 Å². The third kappa shape index (κ3) is 4.87. The molecule has 0 aliphatic rings. The van der Waals surface area contributed by atoms with E-state index in [1.807, 2.05) is 13.8 Å². The summed E-state index contributed by atoms with van der Waals surface area (Å²) in [6.45, 7) is 5.50. The Hall–Kier alpha value is -2.12. The molecule has 0 radical (unpaired) electrons. The lowest BCUT2D eigenvalue weighted by molar-refractivity contribution is -0.127. The van der Waals surface area contributed by atoms with Gasteiger partial charge in [-0.1, -0.05) is 6.92 Å². The summed E-state index contributed by atoms with van der Waals surface area (Å²) in [6.07, 6.45) is 0.955. The van der Waals surface area contributed by atoms with Gasteiger partial charge in [-0.05, 0) is 13.3 Å². The Morgan fingerprint density at radius 2 is 1.85 bits per heavy atom. The number of anilines is 2. The second kappa shape index (κ2) is 8.13. The van der Waals surface area contributed by atoms with Crippen molar-refractivity contribution in [2.24, 2.45) is 0 Å². The molecule has 0 aromatic carbocycles. The highest BCUT2D eigenvalue weighted by atomic mass is 16.5. The van der Waals surface area contributed by atoms with Gasteiger partial charge >= 0.3 is 6.01 Å². The maximum Gasteiger partial charge on any atom is 0.322 e. The van der Waals surface area contributed by atoms with Crippen molar-refractivity contribution in [1.82, 2.24) is 19.9 Å². The van der Waals surface area contributed by atoms with Crippen molar-refractivity contribution in [1.29, 1.82) is 0 Å². The summed E-state index contributed by atoms with van der Waals surface area (Å²) in [5.41, 5.74) is 0. The van der Waals surface area contributed by atoms with E-state index in [1.165, 1.54) is 7.11 Å². The SMILES string of the molecule is CCCNc1nc(NCC(=O)N(C)CC)nc(OC)n1. The van der Waals surface area contributed by atoms with Gasteiger partial charge in [-0.3, -0.25) is 4.79 Å². The highest BCUT2D eigenvalue weighted by Crippen LogP contribution is 2.10. The molecule has 20 heavy (non-hydrogen) atoms. The summed E-state index contributed by atoms with van der Waals surface area (Å²) >= 11 is 0. The molecule has 1 heterocycles. The van der Waals surface area contributed by atoms with E-state index in [2.05, 4.69) is 25.6 Å². The van der Waals surface area contributed by atoms with Crippen LogP contribution in [0.3, 0.4) is 0 Å². The molecule has 8 nitrogen and oxygen atoms in total. The van der Waals surface area contributed by atoms with E-state index in [9.17, 15) is 4.79 Å². The van der Waals surface area contributed by atoms with Gasteiger partial charge in [0.25, 0.3) is 0 Å². The van der Waals surface area contributed by atoms with Gasteiger partial charge in [-0.25, -0.2) is 0 Å². The number of aromatic nitrogens is 3. The van der Waals surface area contributed by atoms with Crippen molar-refractivity contribution in [3.05, 3.63) is 0 Å². The molecule has 0 aliphatic heterocycles. The first kappa shape index (κ1) is 15.9. The van der Waals surface area contributed by atoms with Crippen molar-refractivity contribution in [3.63, 3.8) is 0 Å². The Balaban J connectivity index is 2.70. The smallest absolute Gasteiger partial charge is 0.322 e. The number of hydrogen-bond donors (Lipinski definition) is 2. The quantitative estimate of drug-likeness (QED) is 0.721. The fourth-order valence-electron chi connectivity index (χ4n) is 1.31. The summed E-state index contributed by atoms with van der Waals surface area (Å²) in [7, 11) is 3.23. The molecule has 2 N–H and O–H groups in total. The van der Waals surface area contributed by atoms with Crippen LogP contribution in [0.4, 0.5) is 11.9 Å². The first-order valence-electron chi connectivity index (χ1n) is 6.62. The molecule has 0 atom stereocenters. The number of nitrogens with one attached hydrogen (secondary N) is 2. The average molecular weight is 282 g/mol. The molecule has 0 bridgehead atoms. The van der Waals surface area contributed by atoms with E-state index in [0.29, 0.717) is 18.4 Å². The van der Waals surface area contributed by atoms with E-state index in [4.69, 9.17) is 4.74 Å². The number of amides is 1. The van der Waals surface area contributed by atoms with Crippen molar-refractivity contribution in [2.45, 2.75) is 20.3 Å². The standard InChI is InChI=1S/C12H22N6O2/c1-5-7-13-10-15-11(17-12(16-10)20-4)14-8-9(19)18(3)6-2/h5-8H2,1-4H3,(H2,13,14,15,16,17). The van der Waals surface area contributed by atoms with Gasteiger partial charge in [0.05, 0.1) is 13.7 Å². The number of likely N-dealkylation sites (N-methyl/N-ethyl adjacent to an activating group) is 1. The molecule has 8 heteroatoms. The maximum absolute atomic E-state index is 11.7.